The molecule has 0 aliphatic heterocycles. The fraction of sp³-hybridized carbons (Fsp3) is 0.435. The summed E-state index contributed by atoms with van der Waals surface area (Å²) >= 11 is 2.45. The zero-order chi connectivity index (χ0) is 18.4. The summed E-state index contributed by atoms with van der Waals surface area (Å²) in [5.74, 6) is 0. The summed E-state index contributed by atoms with van der Waals surface area (Å²) in [6.07, 6.45) is 7.40. The molecular weight excluding hydrogens is 401 g/mol. The second kappa shape index (κ2) is 9.26. The second-order valence-corrected chi connectivity index (χ2v) is 12.5. The van der Waals surface area contributed by atoms with E-state index in [1.165, 1.54) is 40.6 Å². The molecule has 138 valence electrons. The van der Waals surface area contributed by atoms with Gasteiger partial charge >= 0.3 is 170 Å². The van der Waals surface area contributed by atoms with Crippen LogP contribution < -0.4 is 4.46 Å². The van der Waals surface area contributed by atoms with Crippen molar-refractivity contribution in [3.63, 3.8) is 0 Å². The van der Waals surface area contributed by atoms with Crippen molar-refractivity contribution in [3.8, 4) is 0 Å². The molecule has 0 saturated heterocycles. The van der Waals surface area contributed by atoms with Crippen LogP contribution in [0.25, 0.3) is 0 Å². The summed E-state index contributed by atoms with van der Waals surface area (Å²) in [6, 6.07) is 20.2. The van der Waals surface area contributed by atoms with E-state index in [9.17, 15) is 0 Å². The van der Waals surface area contributed by atoms with Gasteiger partial charge in [0, 0.05) is 0 Å². The Hall–Kier alpha value is -1.02. The first-order valence-electron chi connectivity index (χ1n) is 9.54. The Bertz CT molecular complexity index is 720. The Morgan fingerprint density at radius 1 is 0.962 bits per heavy atom. The first kappa shape index (κ1) is 19.7. The van der Waals surface area contributed by atoms with Gasteiger partial charge in [-0.1, -0.05) is 0 Å². The zero-order valence-electron chi connectivity index (χ0n) is 16.0. The Labute approximate surface area is 169 Å². The van der Waals surface area contributed by atoms with Crippen molar-refractivity contribution in [3.05, 3.63) is 60.2 Å². The third-order valence-corrected chi connectivity index (χ3v) is 8.57. The molecule has 0 bridgehead atoms. The molecule has 0 aromatic heterocycles. The quantitative estimate of drug-likeness (QED) is 0.334. The van der Waals surface area contributed by atoms with Crippen molar-refractivity contribution in [1.82, 2.24) is 0 Å². The third-order valence-electron chi connectivity index (χ3n) is 4.44. The van der Waals surface area contributed by atoms with E-state index in [1.807, 2.05) is 11.8 Å². The van der Waals surface area contributed by atoms with E-state index in [1.54, 1.807) is 0 Å². The van der Waals surface area contributed by atoms with Crippen LogP contribution in [0.4, 0.5) is 0 Å². The van der Waals surface area contributed by atoms with Gasteiger partial charge in [-0.05, 0) is 0 Å². The van der Waals surface area contributed by atoms with Gasteiger partial charge in [-0.2, -0.15) is 0 Å². The van der Waals surface area contributed by atoms with Crippen LogP contribution in [0.1, 0.15) is 52.0 Å². The van der Waals surface area contributed by atoms with Gasteiger partial charge < -0.3 is 0 Å². The molecule has 3 heteroatoms. The number of benzene rings is 2. The van der Waals surface area contributed by atoms with Crippen LogP contribution in [-0.4, -0.2) is 32.0 Å². The first-order valence-corrected chi connectivity index (χ1v) is 12.2. The van der Waals surface area contributed by atoms with Gasteiger partial charge in [-0.3, -0.25) is 0 Å². The Balaban J connectivity index is 1.73. The third kappa shape index (κ3) is 6.01. The summed E-state index contributed by atoms with van der Waals surface area (Å²) in [5, 5.41) is 0. The topological polar surface area (TPSA) is 12.4 Å². The molecule has 2 atom stereocenters. The molecule has 3 rings (SSSR count). The molecule has 1 saturated carbocycles. The summed E-state index contributed by atoms with van der Waals surface area (Å²) in [5.41, 5.74) is 1.27. The van der Waals surface area contributed by atoms with Crippen molar-refractivity contribution in [2.24, 2.45) is 4.99 Å². The minimum absolute atomic E-state index is 0.216. The van der Waals surface area contributed by atoms with E-state index in [2.05, 4.69) is 81.6 Å². The average molecular weight is 431 g/mol. The van der Waals surface area contributed by atoms with E-state index in [0.717, 1.165) is 4.82 Å². The van der Waals surface area contributed by atoms with Crippen molar-refractivity contribution >= 4 is 37.4 Å². The van der Waals surface area contributed by atoms with E-state index in [0.29, 0.717) is 21.0 Å². The number of nitrogens with zero attached hydrogens (tertiary/aromatic N) is 1. The Kier molecular flexibility index (Phi) is 7.03. The van der Waals surface area contributed by atoms with Crippen molar-refractivity contribution in [2.45, 2.75) is 67.0 Å². The van der Waals surface area contributed by atoms with Crippen molar-refractivity contribution in [1.29, 1.82) is 0 Å². The molecule has 2 aromatic rings. The SMILES string of the molecule is CC(C)(C)Sc1ccccc1C=NC1CCCCC1[Se]c1ccccc1. The predicted molar refractivity (Wildman–Crippen MR) is 117 cm³/mol. The van der Waals surface area contributed by atoms with Crippen LogP contribution in [0.2, 0.25) is 4.82 Å². The van der Waals surface area contributed by atoms with Gasteiger partial charge in [0.25, 0.3) is 0 Å². The molecule has 0 heterocycles. The van der Waals surface area contributed by atoms with Gasteiger partial charge in [0.05, 0.1) is 0 Å². The van der Waals surface area contributed by atoms with E-state index in [4.69, 9.17) is 4.99 Å². The second-order valence-electron chi connectivity index (χ2n) is 7.85. The molecule has 1 nitrogen and oxygen atoms in total. The van der Waals surface area contributed by atoms with Crippen LogP contribution in [0.5, 0.6) is 0 Å². The molecule has 26 heavy (non-hydrogen) atoms. The zero-order valence-corrected chi connectivity index (χ0v) is 18.5. The number of aliphatic imine (C=N–C) groups is 1. The van der Waals surface area contributed by atoms with Crippen LogP contribution in [0.3, 0.4) is 0 Å². The molecule has 0 amide bonds. The fourth-order valence-corrected chi connectivity index (χ4v) is 7.04. The van der Waals surface area contributed by atoms with Crippen LogP contribution in [-0.2, 0) is 0 Å². The minimum atomic E-state index is 0.216. The summed E-state index contributed by atoms with van der Waals surface area (Å²) < 4.78 is 1.73. The van der Waals surface area contributed by atoms with E-state index in [-0.39, 0.29) is 4.75 Å². The summed E-state index contributed by atoms with van der Waals surface area (Å²) in [6.45, 7) is 6.81. The molecule has 0 N–H and O–H groups in total. The van der Waals surface area contributed by atoms with Gasteiger partial charge in [-0.25, -0.2) is 0 Å². The predicted octanol–water partition coefficient (Wildman–Crippen LogP) is 5.76. The first-order chi connectivity index (χ1) is 12.5. The molecule has 1 fully saturated rings. The standard InChI is InChI=1S/C23H29NSSe/c1-23(2,3)25-21-15-9-7-11-18(21)17-24-20-14-8-10-16-22(20)26-19-12-5-4-6-13-19/h4-7,9,11-13,15,17,20,22H,8,10,14,16H2,1-3H3. The monoisotopic (exact) mass is 431 g/mol. The van der Waals surface area contributed by atoms with Crippen LogP contribution in [0.15, 0.2) is 64.5 Å². The number of rotatable bonds is 5. The molecule has 0 spiro atoms. The average Bonchev–Trinajstić information content (AvgIpc) is 2.62. The molecule has 1 aliphatic carbocycles. The molecular formula is C23H29NSSe. The Morgan fingerprint density at radius 3 is 2.42 bits per heavy atom. The van der Waals surface area contributed by atoms with Gasteiger partial charge in [0.15, 0.2) is 0 Å². The van der Waals surface area contributed by atoms with Gasteiger partial charge in [0.2, 0.25) is 0 Å². The Morgan fingerprint density at radius 2 is 1.65 bits per heavy atom. The van der Waals surface area contributed by atoms with Gasteiger partial charge in [-0.15, -0.1) is 0 Å². The van der Waals surface area contributed by atoms with Crippen molar-refractivity contribution < 1.29 is 0 Å². The van der Waals surface area contributed by atoms with Gasteiger partial charge in [0.1, 0.15) is 0 Å². The molecule has 2 unspecified atom stereocenters. The number of hydrogen-bond acceptors (Lipinski definition) is 2. The van der Waals surface area contributed by atoms with E-state index < -0.39 is 0 Å². The molecule has 2 aromatic carbocycles. The maximum absolute atomic E-state index is 5.10. The number of thioether (sulfide) groups is 1. The summed E-state index contributed by atoms with van der Waals surface area (Å²) in [7, 11) is 0. The number of hydrogen-bond donors (Lipinski definition) is 0. The normalized spacial score (nSPS) is 21.2. The fourth-order valence-electron chi connectivity index (χ4n) is 3.25. The van der Waals surface area contributed by atoms with E-state index >= 15 is 0 Å². The van der Waals surface area contributed by atoms with Crippen molar-refractivity contribution in [2.75, 3.05) is 0 Å². The maximum atomic E-state index is 5.10. The molecule has 0 radical (unpaired) electrons. The van der Waals surface area contributed by atoms with Crippen LogP contribution >= 0.6 is 11.8 Å². The van der Waals surface area contributed by atoms with Crippen LogP contribution in [0, 0.1) is 0 Å². The summed E-state index contributed by atoms with van der Waals surface area (Å²) in [4.78, 5) is 7.17. The molecule has 1 aliphatic rings.